The fraction of sp³-hybridized carbons (Fsp3) is 0.0800. The van der Waals surface area contributed by atoms with E-state index in [4.69, 9.17) is 9.72 Å². The van der Waals surface area contributed by atoms with Crippen molar-refractivity contribution in [1.29, 1.82) is 0 Å². The van der Waals surface area contributed by atoms with E-state index in [1.165, 1.54) is 17.1 Å². The molecule has 0 fully saturated rings. The lowest BCUT2D eigenvalue weighted by atomic mass is 10.1. The van der Waals surface area contributed by atoms with Gasteiger partial charge in [-0.2, -0.15) is 0 Å². The Morgan fingerprint density at radius 1 is 1.03 bits per heavy atom. The molecule has 0 saturated carbocycles. The largest absolute Gasteiger partial charge is 0.427 e. The Morgan fingerprint density at radius 3 is 2.55 bits per heavy atom. The number of aromatic nitrogens is 2. The van der Waals surface area contributed by atoms with Crippen molar-refractivity contribution in [2.75, 3.05) is 0 Å². The van der Waals surface area contributed by atoms with E-state index in [0.29, 0.717) is 28.2 Å². The highest BCUT2D eigenvalue weighted by atomic mass is 79.9. The number of carbonyl (C=O) groups is 1. The number of carbonyl (C=O) groups excluding carboxylic acids is 1. The van der Waals surface area contributed by atoms with Crippen molar-refractivity contribution in [3.63, 3.8) is 0 Å². The van der Waals surface area contributed by atoms with Crippen LogP contribution in [0.25, 0.3) is 28.7 Å². The highest BCUT2D eigenvalue weighted by Gasteiger charge is 2.13. The number of rotatable bonds is 4. The maximum atomic E-state index is 13.5. The Kier molecular flexibility index (Phi) is 5.82. The van der Waals surface area contributed by atoms with Gasteiger partial charge in [-0.1, -0.05) is 57.9 Å². The van der Waals surface area contributed by atoms with Crippen LogP contribution < -0.4 is 10.3 Å². The van der Waals surface area contributed by atoms with E-state index in [9.17, 15) is 9.59 Å². The third-order valence-electron chi connectivity index (χ3n) is 4.70. The second-order valence-corrected chi connectivity index (χ2v) is 8.02. The molecule has 1 heterocycles. The Morgan fingerprint density at radius 2 is 1.81 bits per heavy atom. The van der Waals surface area contributed by atoms with Crippen LogP contribution in [0.2, 0.25) is 0 Å². The monoisotopic (exact) mass is 474 g/mol. The molecule has 0 N–H and O–H groups in total. The summed E-state index contributed by atoms with van der Waals surface area (Å²) in [6.07, 6.45) is 3.73. The molecule has 0 aliphatic rings. The van der Waals surface area contributed by atoms with Crippen LogP contribution in [-0.2, 0) is 4.79 Å². The summed E-state index contributed by atoms with van der Waals surface area (Å²) in [6, 6.07) is 20.3. The smallest absolute Gasteiger partial charge is 0.308 e. The van der Waals surface area contributed by atoms with Gasteiger partial charge in [0.1, 0.15) is 11.6 Å². The quantitative estimate of drug-likeness (QED) is 0.287. The topological polar surface area (TPSA) is 61.2 Å². The molecule has 0 aliphatic heterocycles. The van der Waals surface area contributed by atoms with E-state index in [2.05, 4.69) is 15.9 Å². The van der Waals surface area contributed by atoms with Crippen molar-refractivity contribution in [1.82, 2.24) is 9.55 Å². The molecule has 0 atom stereocenters. The van der Waals surface area contributed by atoms with Gasteiger partial charge in [0.2, 0.25) is 0 Å². The number of nitrogens with zero attached hydrogens (tertiary/aromatic N) is 2. The van der Waals surface area contributed by atoms with Crippen molar-refractivity contribution in [3.05, 3.63) is 98.5 Å². The minimum absolute atomic E-state index is 0.213. The van der Waals surface area contributed by atoms with Crippen LogP contribution in [0.4, 0.5) is 0 Å². The third kappa shape index (κ3) is 4.64. The van der Waals surface area contributed by atoms with Crippen molar-refractivity contribution < 1.29 is 9.53 Å². The first-order valence-corrected chi connectivity index (χ1v) is 10.5. The molecule has 0 bridgehead atoms. The minimum atomic E-state index is -0.426. The molecule has 0 saturated heterocycles. The molecular formula is C25H19BrN2O3. The zero-order valence-electron chi connectivity index (χ0n) is 17.0. The van der Waals surface area contributed by atoms with E-state index >= 15 is 0 Å². The van der Waals surface area contributed by atoms with Gasteiger partial charge in [-0.3, -0.25) is 14.2 Å². The van der Waals surface area contributed by atoms with Crippen LogP contribution in [0.3, 0.4) is 0 Å². The van der Waals surface area contributed by atoms with Crippen molar-refractivity contribution in [2.24, 2.45) is 0 Å². The molecule has 0 amide bonds. The minimum Gasteiger partial charge on any atom is -0.427 e. The molecule has 0 unspecified atom stereocenters. The highest BCUT2D eigenvalue weighted by Crippen LogP contribution is 2.21. The number of aryl methyl sites for hydroxylation is 1. The Labute approximate surface area is 187 Å². The first-order chi connectivity index (χ1) is 14.9. The van der Waals surface area contributed by atoms with E-state index < -0.39 is 5.97 Å². The maximum absolute atomic E-state index is 13.5. The Bertz CT molecular complexity index is 1370. The van der Waals surface area contributed by atoms with E-state index in [1.54, 1.807) is 30.3 Å². The molecule has 4 rings (SSSR count). The van der Waals surface area contributed by atoms with Gasteiger partial charge >= 0.3 is 5.97 Å². The van der Waals surface area contributed by atoms with Gasteiger partial charge in [0, 0.05) is 17.5 Å². The maximum Gasteiger partial charge on any atom is 0.308 e. The average Bonchev–Trinajstić information content (AvgIpc) is 2.73. The van der Waals surface area contributed by atoms with Crippen LogP contribution in [0.15, 0.2) is 76.0 Å². The second-order valence-electron chi connectivity index (χ2n) is 7.11. The summed E-state index contributed by atoms with van der Waals surface area (Å²) in [5.41, 5.74) is 3.11. The number of fused-ring (bicyclic) bond motifs is 1. The molecule has 154 valence electrons. The van der Waals surface area contributed by atoms with E-state index in [1.807, 2.05) is 55.5 Å². The summed E-state index contributed by atoms with van der Waals surface area (Å²) < 4.78 is 7.52. The first-order valence-electron chi connectivity index (χ1n) is 9.66. The summed E-state index contributed by atoms with van der Waals surface area (Å²) in [5, 5.41) is 0.486. The van der Waals surface area contributed by atoms with Crippen LogP contribution in [0.1, 0.15) is 23.9 Å². The molecule has 0 spiro atoms. The Balaban J connectivity index is 1.92. The van der Waals surface area contributed by atoms with Crippen LogP contribution in [0.5, 0.6) is 5.75 Å². The Hall–Kier alpha value is -3.51. The normalized spacial score (nSPS) is 11.2. The number of ether oxygens (including phenoxy) is 1. The van der Waals surface area contributed by atoms with Gasteiger partial charge in [0.05, 0.1) is 16.6 Å². The molecule has 1 aromatic heterocycles. The lowest BCUT2D eigenvalue weighted by Crippen LogP contribution is -2.22. The number of halogens is 1. The SMILES string of the molecule is CC(=O)Oc1cccc(-n2c(/C=C/c3ccc(C)cc3)nc3ccc(Br)cc3c2=O)c1. The molecule has 0 radical (unpaired) electrons. The third-order valence-corrected chi connectivity index (χ3v) is 5.19. The molecule has 3 aromatic carbocycles. The first kappa shape index (κ1) is 20.8. The summed E-state index contributed by atoms with van der Waals surface area (Å²) in [6.45, 7) is 3.37. The highest BCUT2D eigenvalue weighted by molar-refractivity contribution is 9.10. The van der Waals surface area contributed by atoms with Crippen molar-refractivity contribution in [2.45, 2.75) is 13.8 Å². The van der Waals surface area contributed by atoms with Gasteiger partial charge < -0.3 is 4.74 Å². The summed E-state index contributed by atoms with van der Waals surface area (Å²) in [7, 11) is 0. The number of hydrogen-bond acceptors (Lipinski definition) is 4. The predicted molar refractivity (Wildman–Crippen MR) is 126 cm³/mol. The van der Waals surface area contributed by atoms with E-state index in [0.717, 1.165) is 10.0 Å². The lowest BCUT2D eigenvalue weighted by Gasteiger charge is -2.13. The van der Waals surface area contributed by atoms with Gasteiger partial charge in [-0.15, -0.1) is 0 Å². The van der Waals surface area contributed by atoms with Gasteiger partial charge in [0.15, 0.2) is 0 Å². The number of benzene rings is 3. The molecule has 31 heavy (non-hydrogen) atoms. The van der Waals surface area contributed by atoms with Crippen molar-refractivity contribution in [3.8, 4) is 11.4 Å². The van der Waals surface area contributed by atoms with E-state index in [-0.39, 0.29) is 5.56 Å². The van der Waals surface area contributed by atoms with Crippen LogP contribution >= 0.6 is 15.9 Å². The molecule has 5 nitrogen and oxygen atoms in total. The molecule has 4 aromatic rings. The van der Waals surface area contributed by atoms with Crippen LogP contribution in [-0.4, -0.2) is 15.5 Å². The van der Waals surface area contributed by atoms with Gasteiger partial charge in [0.25, 0.3) is 5.56 Å². The second kappa shape index (κ2) is 8.70. The fourth-order valence-electron chi connectivity index (χ4n) is 3.24. The summed E-state index contributed by atoms with van der Waals surface area (Å²) >= 11 is 3.42. The average molecular weight is 475 g/mol. The number of esters is 1. The van der Waals surface area contributed by atoms with Crippen LogP contribution in [0, 0.1) is 6.92 Å². The van der Waals surface area contributed by atoms with Gasteiger partial charge in [-0.25, -0.2) is 4.98 Å². The lowest BCUT2D eigenvalue weighted by molar-refractivity contribution is -0.131. The van der Waals surface area contributed by atoms with Gasteiger partial charge in [-0.05, 0) is 48.9 Å². The van der Waals surface area contributed by atoms with Crippen molar-refractivity contribution >= 4 is 45.0 Å². The summed E-state index contributed by atoms with van der Waals surface area (Å²) in [4.78, 5) is 29.5. The number of hydrogen-bond donors (Lipinski definition) is 0. The molecule has 0 aliphatic carbocycles. The molecule has 6 heteroatoms. The zero-order valence-corrected chi connectivity index (χ0v) is 18.6. The predicted octanol–water partition coefficient (Wildman–Crippen LogP) is 5.55. The standard InChI is InChI=1S/C25H19BrN2O3/c1-16-6-8-18(9-7-16)10-13-24-27-23-12-11-19(26)14-22(23)25(30)28(24)20-4-3-5-21(15-20)31-17(2)29/h3-15H,1-2H3/b13-10+. The fourth-order valence-corrected chi connectivity index (χ4v) is 3.60. The molecular weight excluding hydrogens is 456 g/mol. The zero-order chi connectivity index (χ0) is 22.0. The summed E-state index contributed by atoms with van der Waals surface area (Å²) in [5.74, 6) is 0.407.